The lowest BCUT2D eigenvalue weighted by Crippen LogP contribution is -2.43. The number of carbonyl (C=O) groups excluding carboxylic acids is 1. The van der Waals surface area contributed by atoms with Gasteiger partial charge >= 0.3 is 0 Å². The van der Waals surface area contributed by atoms with Crippen molar-refractivity contribution in [2.75, 3.05) is 7.11 Å². The Kier molecular flexibility index (Phi) is 5.59. The van der Waals surface area contributed by atoms with Gasteiger partial charge in [-0.2, -0.15) is 0 Å². The second-order valence-electron chi connectivity index (χ2n) is 6.69. The van der Waals surface area contributed by atoms with Crippen LogP contribution in [0.4, 0.5) is 0 Å². The van der Waals surface area contributed by atoms with Gasteiger partial charge in [-0.1, -0.05) is 49.2 Å². The van der Waals surface area contributed by atoms with Gasteiger partial charge in [0, 0.05) is 5.54 Å². The summed E-state index contributed by atoms with van der Waals surface area (Å²) in [5, 5.41) is 3.06. The topological polar surface area (TPSA) is 47.6 Å². The lowest BCUT2D eigenvalue weighted by atomic mass is 9.89. The van der Waals surface area contributed by atoms with E-state index in [1.165, 1.54) is 0 Å². The van der Waals surface area contributed by atoms with E-state index in [-0.39, 0.29) is 5.54 Å². The van der Waals surface area contributed by atoms with Gasteiger partial charge in [-0.05, 0) is 42.5 Å². The largest absolute Gasteiger partial charge is 0.493 e. The van der Waals surface area contributed by atoms with Crippen LogP contribution in [0.2, 0.25) is 0 Å². The zero-order valence-electron chi connectivity index (χ0n) is 14.7. The molecule has 2 aromatic carbocycles. The molecule has 2 aromatic rings. The van der Waals surface area contributed by atoms with E-state index in [1.54, 1.807) is 7.11 Å². The van der Waals surface area contributed by atoms with E-state index in [1.807, 2.05) is 42.5 Å². The van der Waals surface area contributed by atoms with Gasteiger partial charge in [0.05, 0.1) is 7.11 Å². The molecule has 1 aliphatic rings. The van der Waals surface area contributed by atoms with E-state index in [0.29, 0.717) is 6.61 Å². The molecule has 1 saturated carbocycles. The molecule has 0 aliphatic heterocycles. The first-order valence-electron chi connectivity index (χ1n) is 8.80. The summed E-state index contributed by atoms with van der Waals surface area (Å²) in [5.41, 5.74) is 2.15. The van der Waals surface area contributed by atoms with Crippen molar-refractivity contribution in [2.24, 2.45) is 0 Å². The van der Waals surface area contributed by atoms with Crippen molar-refractivity contribution < 1.29 is 14.3 Å². The van der Waals surface area contributed by atoms with Crippen LogP contribution in [-0.2, 0) is 17.8 Å². The number of benzene rings is 2. The highest BCUT2D eigenvalue weighted by molar-refractivity contribution is 5.49. The maximum absolute atomic E-state index is 11.0. The van der Waals surface area contributed by atoms with Crippen molar-refractivity contribution in [3.8, 4) is 11.5 Å². The van der Waals surface area contributed by atoms with Crippen LogP contribution in [0.3, 0.4) is 0 Å². The summed E-state index contributed by atoms with van der Waals surface area (Å²) in [6.45, 7) is 0.498. The summed E-state index contributed by atoms with van der Waals surface area (Å²) in [7, 11) is 1.65. The third kappa shape index (κ3) is 4.32. The molecule has 1 fully saturated rings. The van der Waals surface area contributed by atoms with E-state index in [2.05, 4.69) is 11.4 Å². The van der Waals surface area contributed by atoms with Crippen LogP contribution in [0, 0.1) is 0 Å². The first-order valence-corrected chi connectivity index (χ1v) is 8.80. The Morgan fingerprint density at radius 2 is 1.80 bits per heavy atom. The molecule has 4 heteroatoms. The highest BCUT2D eigenvalue weighted by Gasteiger charge is 2.33. The Morgan fingerprint density at radius 1 is 1.04 bits per heavy atom. The highest BCUT2D eigenvalue weighted by atomic mass is 16.5. The fourth-order valence-corrected chi connectivity index (χ4v) is 3.62. The zero-order chi connectivity index (χ0) is 17.5. The number of amides is 1. The zero-order valence-corrected chi connectivity index (χ0v) is 14.7. The smallest absolute Gasteiger partial charge is 0.207 e. The van der Waals surface area contributed by atoms with Crippen LogP contribution in [0.1, 0.15) is 36.8 Å². The van der Waals surface area contributed by atoms with E-state index in [9.17, 15) is 4.79 Å². The molecule has 4 nitrogen and oxygen atoms in total. The molecule has 0 bridgehead atoms. The van der Waals surface area contributed by atoms with Crippen molar-refractivity contribution in [1.29, 1.82) is 0 Å². The highest BCUT2D eigenvalue weighted by Crippen LogP contribution is 2.35. The number of hydrogen-bond donors (Lipinski definition) is 1. The van der Waals surface area contributed by atoms with Gasteiger partial charge in [0.15, 0.2) is 11.5 Å². The molecule has 0 unspecified atom stereocenters. The summed E-state index contributed by atoms with van der Waals surface area (Å²) in [6.07, 6.45) is 6.03. The number of ether oxygens (including phenoxy) is 2. The lowest BCUT2D eigenvalue weighted by Gasteiger charge is -2.28. The van der Waals surface area contributed by atoms with Crippen molar-refractivity contribution in [1.82, 2.24) is 5.32 Å². The molecule has 132 valence electrons. The molecular weight excluding hydrogens is 314 g/mol. The number of nitrogens with one attached hydrogen (secondary N) is 1. The van der Waals surface area contributed by atoms with Gasteiger partial charge in [-0.3, -0.25) is 4.79 Å². The van der Waals surface area contributed by atoms with Crippen LogP contribution < -0.4 is 14.8 Å². The summed E-state index contributed by atoms with van der Waals surface area (Å²) >= 11 is 0. The Morgan fingerprint density at radius 3 is 2.48 bits per heavy atom. The molecule has 1 amide bonds. The van der Waals surface area contributed by atoms with Crippen molar-refractivity contribution >= 4 is 6.41 Å². The molecule has 25 heavy (non-hydrogen) atoms. The minimum atomic E-state index is -0.118. The fraction of sp³-hybridized carbons (Fsp3) is 0.381. The lowest BCUT2D eigenvalue weighted by molar-refractivity contribution is -0.111. The number of carbonyl (C=O) groups is 1. The summed E-state index contributed by atoms with van der Waals surface area (Å²) in [6, 6.07) is 16.1. The Hall–Kier alpha value is -2.49. The molecule has 0 spiro atoms. The number of methoxy groups -OCH3 is 1. The average Bonchev–Trinajstić information content (AvgIpc) is 3.09. The SMILES string of the molecule is COc1ccc(CC2(NC=O)CCCC2)cc1OCc1ccccc1. The quantitative estimate of drug-likeness (QED) is 0.743. The monoisotopic (exact) mass is 339 g/mol. The predicted molar refractivity (Wildman–Crippen MR) is 97.9 cm³/mol. The van der Waals surface area contributed by atoms with Gasteiger partial charge < -0.3 is 14.8 Å². The summed E-state index contributed by atoms with van der Waals surface area (Å²) in [4.78, 5) is 11.0. The summed E-state index contributed by atoms with van der Waals surface area (Å²) in [5.74, 6) is 1.46. The van der Waals surface area contributed by atoms with Gasteiger partial charge in [0.1, 0.15) is 6.61 Å². The standard InChI is InChI=1S/C21H25NO3/c1-24-19-10-9-18(14-21(22-16-23)11-5-6-12-21)13-20(19)25-15-17-7-3-2-4-8-17/h2-4,7-10,13,16H,5-6,11-12,14-15H2,1H3,(H,22,23). The van der Waals surface area contributed by atoms with Gasteiger partial charge in [-0.15, -0.1) is 0 Å². The van der Waals surface area contributed by atoms with Crippen LogP contribution in [-0.4, -0.2) is 19.1 Å². The molecule has 1 aliphatic carbocycles. The molecule has 1 N–H and O–H groups in total. The maximum Gasteiger partial charge on any atom is 0.207 e. The van der Waals surface area contributed by atoms with E-state index in [4.69, 9.17) is 9.47 Å². The van der Waals surface area contributed by atoms with E-state index < -0.39 is 0 Å². The van der Waals surface area contributed by atoms with E-state index >= 15 is 0 Å². The van der Waals surface area contributed by atoms with Gasteiger partial charge in [0.25, 0.3) is 0 Å². The predicted octanol–water partition coefficient (Wildman–Crippen LogP) is 3.88. The minimum Gasteiger partial charge on any atom is -0.493 e. The Balaban J connectivity index is 1.76. The number of hydrogen-bond acceptors (Lipinski definition) is 3. The third-order valence-electron chi connectivity index (χ3n) is 4.93. The molecule has 0 atom stereocenters. The maximum atomic E-state index is 11.0. The van der Waals surface area contributed by atoms with Gasteiger partial charge in [-0.25, -0.2) is 0 Å². The fourth-order valence-electron chi connectivity index (χ4n) is 3.62. The van der Waals surface area contributed by atoms with Crippen LogP contribution >= 0.6 is 0 Å². The molecule has 0 saturated heterocycles. The van der Waals surface area contributed by atoms with E-state index in [0.717, 1.165) is 61.1 Å². The average molecular weight is 339 g/mol. The Labute approximate surface area is 149 Å². The van der Waals surface area contributed by atoms with Crippen molar-refractivity contribution in [3.05, 3.63) is 59.7 Å². The molecule has 0 heterocycles. The second kappa shape index (κ2) is 8.06. The normalized spacial score (nSPS) is 15.6. The van der Waals surface area contributed by atoms with Crippen LogP contribution in [0.25, 0.3) is 0 Å². The molecule has 0 radical (unpaired) electrons. The summed E-state index contributed by atoms with van der Waals surface area (Å²) < 4.78 is 11.4. The van der Waals surface area contributed by atoms with Crippen molar-refractivity contribution in [3.63, 3.8) is 0 Å². The van der Waals surface area contributed by atoms with Crippen LogP contribution in [0.15, 0.2) is 48.5 Å². The second-order valence-corrected chi connectivity index (χ2v) is 6.69. The molecule has 0 aromatic heterocycles. The molecule has 3 rings (SSSR count). The first kappa shape index (κ1) is 17.3. The minimum absolute atomic E-state index is 0.118. The third-order valence-corrected chi connectivity index (χ3v) is 4.93. The first-order chi connectivity index (χ1) is 12.2. The number of rotatable bonds is 8. The molecular formula is C21H25NO3. The van der Waals surface area contributed by atoms with Gasteiger partial charge in [0.2, 0.25) is 6.41 Å². The van der Waals surface area contributed by atoms with Crippen LogP contribution in [0.5, 0.6) is 11.5 Å². The van der Waals surface area contributed by atoms with Crippen molar-refractivity contribution in [2.45, 2.75) is 44.2 Å². The Bertz CT molecular complexity index is 694.